The first kappa shape index (κ1) is 19.7. The molecule has 0 atom stereocenters. The van der Waals surface area contributed by atoms with E-state index in [1.54, 1.807) is 6.92 Å². The summed E-state index contributed by atoms with van der Waals surface area (Å²) in [6.45, 7) is 2.72. The van der Waals surface area contributed by atoms with Crippen molar-refractivity contribution >= 4 is 34.8 Å². The second kappa shape index (κ2) is 10.4. The highest BCUT2D eigenvalue weighted by atomic mass is 35.5. The number of nitrogens with zero attached hydrogens (tertiary/aromatic N) is 2. The first-order valence-electron chi connectivity index (χ1n) is 8.20. The van der Waals surface area contributed by atoms with Crippen molar-refractivity contribution in [1.29, 1.82) is 0 Å². The molecule has 0 aliphatic heterocycles. The second-order valence-corrected chi connectivity index (χ2v) is 5.61. The summed E-state index contributed by atoms with van der Waals surface area (Å²) >= 11 is 5.76. The molecule has 0 unspecified atom stereocenters. The van der Waals surface area contributed by atoms with E-state index in [2.05, 4.69) is 15.3 Å². The Balaban J connectivity index is 1.80. The van der Waals surface area contributed by atoms with Gasteiger partial charge in [0.1, 0.15) is 11.4 Å². The number of hydrogen-bond donors (Lipinski definition) is 3. The van der Waals surface area contributed by atoms with Gasteiger partial charge in [0.05, 0.1) is 19.4 Å². The van der Waals surface area contributed by atoms with Gasteiger partial charge in [0.25, 0.3) is 0 Å². The summed E-state index contributed by atoms with van der Waals surface area (Å²) in [5.74, 6) is 0.887. The van der Waals surface area contributed by atoms with Gasteiger partial charge in [0, 0.05) is 12.1 Å². The predicted octanol–water partition coefficient (Wildman–Crippen LogP) is 3.79. The Hall–Kier alpha value is -2.58. The van der Waals surface area contributed by atoms with Crippen molar-refractivity contribution in [3.05, 3.63) is 35.7 Å². The quantitative estimate of drug-likeness (QED) is 0.247. The third kappa shape index (κ3) is 6.38. The number of esters is 1. The van der Waals surface area contributed by atoms with Gasteiger partial charge in [-0.15, -0.1) is 0 Å². The van der Waals surface area contributed by atoms with Gasteiger partial charge in [0.15, 0.2) is 5.82 Å². The monoisotopic (exact) mass is 380 g/mol. The van der Waals surface area contributed by atoms with Crippen molar-refractivity contribution in [3.8, 4) is 5.75 Å². The zero-order valence-electron chi connectivity index (χ0n) is 14.4. The van der Waals surface area contributed by atoms with Crippen LogP contribution in [-0.4, -0.2) is 34.4 Å². The molecule has 9 heteroatoms. The summed E-state index contributed by atoms with van der Waals surface area (Å²) in [6.07, 6.45) is 3.27. The highest BCUT2D eigenvalue weighted by Gasteiger charge is 2.06. The van der Waals surface area contributed by atoms with Crippen molar-refractivity contribution in [2.24, 2.45) is 0 Å². The molecule has 0 aliphatic carbocycles. The fourth-order valence-electron chi connectivity index (χ4n) is 2.10. The normalized spacial score (nSPS) is 10.3. The van der Waals surface area contributed by atoms with Crippen LogP contribution in [0, 0.1) is 0 Å². The first-order valence-corrected chi connectivity index (χ1v) is 8.58. The molecule has 2 rings (SSSR count). The average Bonchev–Trinajstić information content (AvgIpc) is 2.63. The number of hydrogen-bond acceptors (Lipinski definition) is 8. The lowest BCUT2D eigenvalue weighted by molar-refractivity contribution is -0.143. The number of benzene rings is 1. The van der Waals surface area contributed by atoms with Gasteiger partial charge in [-0.05, 0) is 55.6 Å². The highest BCUT2D eigenvalue weighted by molar-refractivity contribution is 6.28. The fraction of sp³-hybridized carbons (Fsp3) is 0.353. The maximum Gasteiger partial charge on any atom is 0.305 e. The Labute approximate surface area is 156 Å². The molecule has 0 saturated heterocycles. The number of nitrogens with one attached hydrogen (secondary N) is 2. The molecule has 0 saturated carbocycles. The van der Waals surface area contributed by atoms with E-state index in [9.17, 15) is 4.79 Å². The van der Waals surface area contributed by atoms with E-state index < -0.39 is 0 Å². The molecule has 2 aromatic rings. The van der Waals surface area contributed by atoms with Crippen LogP contribution in [0.3, 0.4) is 0 Å². The van der Waals surface area contributed by atoms with Crippen molar-refractivity contribution in [2.75, 3.05) is 24.0 Å². The Morgan fingerprint density at radius 3 is 2.73 bits per heavy atom. The van der Waals surface area contributed by atoms with Crippen molar-refractivity contribution in [3.63, 3.8) is 0 Å². The van der Waals surface area contributed by atoms with Gasteiger partial charge in [-0.25, -0.2) is 4.98 Å². The van der Waals surface area contributed by atoms with Crippen LogP contribution in [-0.2, 0) is 9.53 Å². The largest absolute Gasteiger partial charge is 0.494 e. The number of anilines is 3. The summed E-state index contributed by atoms with van der Waals surface area (Å²) in [5.41, 5.74) is 3.05. The standard InChI is InChI=1S/C17H21ClN4O4/c1-2-25-15(23)5-3-4-10-26-13-8-6-12(7-9-13)20-16-14(22-24)11-19-17(18)21-16/h6-9,11,22,24H,2-5,10H2,1H3,(H,19,20,21). The first-order chi connectivity index (χ1) is 12.6. The number of ether oxygens (including phenoxy) is 2. The minimum Gasteiger partial charge on any atom is -0.494 e. The third-order valence-corrected chi connectivity index (χ3v) is 3.53. The lowest BCUT2D eigenvalue weighted by atomic mass is 10.2. The second-order valence-electron chi connectivity index (χ2n) is 5.27. The lowest BCUT2D eigenvalue weighted by Gasteiger charge is -2.11. The number of rotatable bonds is 10. The van der Waals surface area contributed by atoms with Crippen molar-refractivity contribution in [1.82, 2.24) is 9.97 Å². The van der Waals surface area contributed by atoms with Crippen LogP contribution in [0.25, 0.3) is 0 Å². The summed E-state index contributed by atoms with van der Waals surface area (Å²) in [6, 6.07) is 7.24. The van der Waals surface area contributed by atoms with E-state index in [4.69, 9.17) is 26.3 Å². The average molecular weight is 381 g/mol. The molecule has 0 fully saturated rings. The van der Waals surface area contributed by atoms with Crippen LogP contribution in [0.1, 0.15) is 26.2 Å². The molecule has 0 amide bonds. The van der Waals surface area contributed by atoms with E-state index >= 15 is 0 Å². The zero-order chi connectivity index (χ0) is 18.8. The summed E-state index contributed by atoms with van der Waals surface area (Å²) in [4.78, 5) is 19.0. The van der Waals surface area contributed by atoms with Gasteiger partial charge < -0.3 is 14.8 Å². The maximum absolute atomic E-state index is 11.2. The Morgan fingerprint density at radius 2 is 2.04 bits per heavy atom. The molecule has 3 N–H and O–H groups in total. The molecule has 140 valence electrons. The molecule has 0 spiro atoms. The van der Waals surface area contributed by atoms with E-state index in [1.165, 1.54) is 6.20 Å². The van der Waals surface area contributed by atoms with Crippen LogP contribution < -0.4 is 15.5 Å². The number of unbranched alkanes of at least 4 members (excludes halogenated alkanes) is 1. The molecule has 0 radical (unpaired) electrons. The molecule has 1 heterocycles. The number of carbonyl (C=O) groups excluding carboxylic acids is 1. The SMILES string of the molecule is CCOC(=O)CCCCOc1ccc(Nc2nc(Cl)ncc2NO)cc1. The van der Waals surface area contributed by atoms with Gasteiger partial charge in [-0.2, -0.15) is 4.98 Å². The highest BCUT2D eigenvalue weighted by Crippen LogP contribution is 2.25. The van der Waals surface area contributed by atoms with Crippen LogP contribution in [0.15, 0.2) is 30.5 Å². The zero-order valence-corrected chi connectivity index (χ0v) is 15.1. The van der Waals surface area contributed by atoms with Crippen molar-refractivity contribution < 1.29 is 19.5 Å². The topological polar surface area (TPSA) is 106 Å². The minimum atomic E-state index is -0.176. The molecule has 26 heavy (non-hydrogen) atoms. The van der Waals surface area contributed by atoms with Crippen LogP contribution in [0.2, 0.25) is 5.28 Å². The van der Waals surface area contributed by atoms with E-state index in [-0.39, 0.29) is 11.3 Å². The number of carbonyl (C=O) groups is 1. The van der Waals surface area contributed by atoms with Crippen molar-refractivity contribution in [2.45, 2.75) is 26.2 Å². The predicted molar refractivity (Wildman–Crippen MR) is 98.2 cm³/mol. The molecular formula is C17H21ClN4O4. The Kier molecular flexibility index (Phi) is 7.91. The van der Waals surface area contributed by atoms with Crippen LogP contribution in [0.5, 0.6) is 5.75 Å². The van der Waals surface area contributed by atoms with E-state index in [0.717, 1.165) is 18.5 Å². The third-order valence-electron chi connectivity index (χ3n) is 3.35. The Bertz CT molecular complexity index is 712. The Morgan fingerprint density at radius 1 is 1.27 bits per heavy atom. The molecule has 0 bridgehead atoms. The van der Waals surface area contributed by atoms with E-state index in [1.807, 2.05) is 29.7 Å². The lowest BCUT2D eigenvalue weighted by Crippen LogP contribution is -2.05. The fourth-order valence-corrected chi connectivity index (χ4v) is 2.24. The summed E-state index contributed by atoms with van der Waals surface area (Å²) < 4.78 is 10.5. The van der Waals surface area contributed by atoms with Crippen LogP contribution >= 0.6 is 11.6 Å². The van der Waals surface area contributed by atoms with Gasteiger partial charge >= 0.3 is 5.97 Å². The van der Waals surface area contributed by atoms with Gasteiger partial charge in [0.2, 0.25) is 5.28 Å². The molecule has 1 aromatic carbocycles. The molecular weight excluding hydrogens is 360 g/mol. The van der Waals surface area contributed by atoms with E-state index in [0.29, 0.717) is 36.9 Å². The van der Waals surface area contributed by atoms with Gasteiger partial charge in [-0.1, -0.05) is 0 Å². The molecule has 1 aromatic heterocycles. The molecule has 0 aliphatic rings. The van der Waals surface area contributed by atoms with Crippen LogP contribution in [0.4, 0.5) is 17.2 Å². The smallest absolute Gasteiger partial charge is 0.305 e. The maximum atomic E-state index is 11.2. The minimum absolute atomic E-state index is 0.0641. The van der Waals surface area contributed by atoms with Gasteiger partial charge in [-0.3, -0.25) is 15.5 Å². The summed E-state index contributed by atoms with van der Waals surface area (Å²) in [7, 11) is 0. The number of halogens is 1. The summed E-state index contributed by atoms with van der Waals surface area (Å²) in [5, 5.41) is 12.2. The molecule has 8 nitrogen and oxygen atoms in total. The number of aromatic nitrogens is 2.